The largest absolute Gasteiger partial charge is 0.508 e. The molecule has 0 bridgehead atoms. The van der Waals surface area contributed by atoms with E-state index in [1.807, 2.05) is 0 Å². The SMILES string of the molecule is CC(Cc1ccc(O)cc1Br)C(=O)O. The van der Waals surface area contributed by atoms with E-state index in [4.69, 9.17) is 10.2 Å². The summed E-state index contributed by atoms with van der Waals surface area (Å²) in [5, 5.41) is 17.9. The average Bonchev–Trinajstić information content (AvgIpc) is 2.09. The number of aliphatic carboxylic acids is 1. The van der Waals surface area contributed by atoms with Crippen molar-refractivity contribution >= 4 is 21.9 Å². The van der Waals surface area contributed by atoms with E-state index >= 15 is 0 Å². The van der Waals surface area contributed by atoms with Crippen LogP contribution in [-0.4, -0.2) is 16.2 Å². The highest BCUT2D eigenvalue weighted by Crippen LogP contribution is 2.24. The molecule has 0 aromatic heterocycles. The molecule has 0 saturated heterocycles. The van der Waals surface area contributed by atoms with Gasteiger partial charge in [-0.1, -0.05) is 28.9 Å². The Labute approximate surface area is 90.5 Å². The summed E-state index contributed by atoms with van der Waals surface area (Å²) < 4.78 is 0.741. The first-order chi connectivity index (χ1) is 6.50. The molecule has 0 aliphatic rings. The number of hydrogen-bond donors (Lipinski definition) is 2. The third-order valence-electron chi connectivity index (χ3n) is 1.98. The number of aromatic hydroxyl groups is 1. The van der Waals surface area contributed by atoms with Crippen LogP contribution in [0.15, 0.2) is 22.7 Å². The van der Waals surface area contributed by atoms with Crippen LogP contribution in [0.25, 0.3) is 0 Å². The summed E-state index contributed by atoms with van der Waals surface area (Å²) in [6, 6.07) is 4.83. The van der Waals surface area contributed by atoms with Gasteiger partial charge in [0, 0.05) is 4.47 Å². The molecular formula is C10H11BrO3. The van der Waals surface area contributed by atoms with Crippen LogP contribution in [0.5, 0.6) is 5.75 Å². The van der Waals surface area contributed by atoms with Crippen LogP contribution in [0.3, 0.4) is 0 Å². The number of phenols is 1. The molecule has 3 nitrogen and oxygen atoms in total. The molecule has 0 saturated carbocycles. The first kappa shape index (κ1) is 11.0. The van der Waals surface area contributed by atoms with Gasteiger partial charge in [-0.2, -0.15) is 0 Å². The predicted molar refractivity (Wildman–Crippen MR) is 56.3 cm³/mol. The van der Waals surface area contributed by atoms with Crippen LogP contribution in [0.4, 0.5) is 0 Å². The van der Waals surface area contributed by atoms with Gasteiger partial charge in [0.1, 0.15) is 5.75 Å². The zero-order valence-electron chi connectivity index (χ0n) is 7.70. The van der Waals surface area contributed by atoms with Gasteiger partial charge in [-0.3, -0.25) is 4.79 Å². The predicted octanol–water partition coefficient (Wildman–Crippen LogP) is 2.42. The molecule has 0 aliphatic heterocycles. The average molecular weight is 259 g/mol. The van der Waals surface area contributed by atoms with E-state index < -0.39 is 11.9 Å². The summed E-state index contributed by atoms with van der Waals surface area (Å²) in [5.41, 5.74) is 0.887. The van der Waals surface area contributed by atoms with Gasteiger partial charge in [-0.15, -0.1) is 0 Å². The van der Waals surface area contributed by atoms with Gasteiger partial charge in [0.15, 0.2) is 0 Å². The van der Waals surface area contributed by atoms with E-state index in [1.54, 1.807) is 25.1 Å². The van der Waals surface area contributed by atoms with Gasteiger partial charge in [-0.05, 0) is 24.1 Å². The van der Waals surface area contributed by atoms with Gasteiger partial charge in [0.2, 0.25) is 0 Å². The fourth-order valence-electron chi connectivity index (χ4n) is 1.12. The van der Waals surface area contributed by atoms with Gasteiger partial charge in [-0.25, -0.2) is 0 Å². The molecule has 0 spiro atoms. The molecular weight excluding hydrogens is 248 g/mol. The molecule has 76 valence electrons. The summed E-state index contributed by atoms with van der Waals surface area (Å²) in [7, 11) is 0. The third-order valence-corrected chi connectivity index (χ3v) is 2.72. The molecule has 0 fully saturated rings. The summed E-state index contributed by atoms with van der Waals surface area (Å²) in [5.74, 6) is -1.07. The number of phenolic OH excluding ortho intramolecular Hbond substituents is 1. The highest BCUT2D eigenvalue weighted by Gasteiger charge is 2.13. The first-order valence-electron chi connectivity index (χ1n) is 4.21. The van der Waals surface area contributed by atoms with Crippen molar-refractivity contribution < 1.29 is 15.0 Å². The molecule has 1 atom stereocenters. The second-order valence-corrected chi connectivity index (χ2v) is 4.07. The lowest BCUT2D eigenvalue weighted by atomic mass is 10.0. The van der Waals surface area contributed by atoms with Crippen LogP contribution in [0, 0.1) is 5.92 Å². The maximum Gasteiger partial charge on any atom is 0.306 e. The molecule has 14 heavy (non-hydrogen) atoms. The number of carbonyl (C=O) groups is 1. The molecule has 0 amide bonds. The molecule has 2 N–H and O–H groups in total. The number of hydrogen-bond acceptors (Lipinski definition) is 2. The number of benzene rings is 1. The highest BCUT2D eigenvalue weighted by molar-refractivity contribution is 9.10. The zero-order valence-corrected chi connectivity index (χ0v) is 9.28. The lowest BCUT2D eigenvalue weighted by molar-refractivity contribution is -0.141. The molecule has 1 rings (SSSR count). The maximum absolute atomic E-state index is 10.6. The minimum atomic E-state index is -0.815. The summed E-state index contributed by atoms with van der Waals surface area (Å²) in [6.07, 6.45) is 0.455. The standard InChI is InChI=1S/C10H11BrO3/c1-6(10(13)14)4-7-2-3-8(12)5-9(7)11/h2-3,5-6,12H,4H2,1H3,(H,13,14). The monoisotopic (exact) mass is 258 g/mol. The zero-order chi connectivity index (χ0) is 10.7. The van der Waals surface area contributed by atoms with E-state index in [0.717, 1.165) is 10.0 Å². The van der Waals surface area contributed by atoms with Crippen molar-refractivity contribution in [1.29, 1.82) is 0 Å². The second-order valence-electron chi connectivity index (χ2n) is 3.22. The van der Waals surface area contributed by atoms with Crippen LogP contribution in [0.1, 0.15) is 12.5 Å². The maximum atomic E-state index is 10.6. The van der Waals surface area contributed by atoms with Crippen LogP contribution < -0.4 is 0 Å². The Kier molecular flexibility index (Phi) is 3.52. The molecule has 1 unspecified atom stereocenters. The quantitative estimate of drug-likeness (QED) is 0.876. The molecule has 1 aromatic carbocycles. The van der Waals surface area contributed by atoms with Gasteiger partial charge in [0.05, 0.1) is 5.92 Å². The Bertz CT molecular complexity index is 349. The van der Waals surface area contributed by atoms with Crippen molar-refractivity contribution in [3.63, 3.8) is 0 Å². The normalized spacial score (nSPS) is 12.4. The number of rotatable bonds is 3. The minimum absolute atomic E-state index is 0.170. The molecule has 0 radical (unpaired) electrons. The summed E-state index contributed by atoms with van der Waals surface area (Å²) in [4.78, 5) is 10.6. The van der Waals surface area contributed by atoms with Crippen molar-refractivity contribution in [3.05, 3.63) is 28.2 Å². The first-order valence-corrected chi connectivity index (χ1v) is 5.00. The topological polar surface area (TPSA) is 57.5 Å². The Morgan fingerprint density at radius 2 is 2.21 bits per heavy atom. The van der Waals surface area contributed by atoms with E-state index in [1.165, 1.54) is 0 Å². The van der Waals surface area contributed by atoms with Gasteiger partial charge >= 0.3 is 5.97 Å². The lowest BCUT2D eigenvalue weighted by Crippen LogP contribution is -2.12. The number of carboxylic acids is 1. The van der Waals surface area contributed by atoms with Crippen LogP contribution >= 0.6 is 15.9 Å². The van der Waals surface area contributed by atoms with E-state index in [-0.39, 0.29) is 5.75 Å². The minimum Gasteiger partial charge on any atom is -0.508 e. The van der Waals surface area contributed by atoms with Crippen molar-refractivity contribution in [2.75, 3.05) is 0 Å². The van der Waals surface area contributed by atoms with E-state index in [2.05, 4.69) is 15.9 Å². The highest BCUT2D eigenvalue weighted by atomic mass is 79.9. The smallest absolute Gasteiger partial charge is 0.306 e. The third kappa shape index (κ3) is 2.73. The lowest BCUT2D eigenvalue weighted by Gasteiger charge is -2.08. The fourth-order valence-corrected chi connectivity index (χ4v) is 1.65. The molecule has 1 aromatic rings. The second kappa shape index (κ2) is 4.46. The molecule has 4 heteroatoms. The number of carboxylic acid groups (broad SMARTS) is 1. The van der Waals surface area contributed by atoms with Gasteiger partial charge < -0.3 is 10.2 Å². The van der Waals surface area contributed by atoms with E-state index in [0.29, 0.717) is 6.42 Å². The molecule has 0 heterocycles. The Morgan fingerprint density at radius 1 is 1.57 bits per heavy atom. The molecule has 0 aliphatic carbocycles. The van der Waals surface area contributed by atoms with Gasteiger partial charge in [0.25, 0.3) is 0 Å². The Balaban J connectivity index is 2.82. The fraction of sp³-hybridized carbons (Fsp3) is 0.300. The number of halogens is 1. The Morgan fingerprint density at radius 3 is 2.71 bits per heavy atom. The summed E-state index contributed by atoms with van der Waals surface area (Å²) in [6.45, 7) is 1.65. The summed E-state index contributed by atoms with van der Waals surface area (Å²) >= 11 is 3.27. The van der Waals surface area contributed by atoms with Crippen molar-refractivity contribution in [2.24, 2.45) is 5.92 Å². The van der Waals surface area contributed by atoms with Crippen molar-refractivity contribution in [1.82, 2.24) is 0 Å². The van der Waals surface area contributed by atoms with Crippen molar-refractivity contribution in [2.45, 2.75) is 13.3 Å². The van der Waals surface area contributed by atoms with E-state index in [9.17, 15) is 4.79 Å². The van der Waals surface area contributed by atoms with Crippen LogP contribution in [-0.2, 0) is 11.2 Å². The van der Waals surface area contributed by atoms with Crippen LogP contribution in [0.2, 0.25) is 0 Å². The Hall–Kier alpha value is -1.03. The van der Waals surface area contributed by atoms with Crippen molar-refractivity contribution in [3.8, 4) is 5.75 Å².